The number of aromatic nitrogens is 1. The molecule has 7 heteroatoms. The van der Waals surface area contributed by atoms with E-state index in [0.29, 0.717) is 18.7 Å². The van der Waals surface area contributed by atoms with E-state index in [2.05, 4.69) is 23.8 Å². The van der Waals surface area contributed by atoms with Crippen molar-refractivity contribution in [1.82, 2.24) is 15.2 Å². The molecule has 3 rings (SSSR count). The molecule has 0 radical (unpaired) electrons. The fourth-order valence-electron chi connectivity index (χ4n) is 4.30. The number of hydrogen-bond donors (Lipinski definition) is 1. The van der Waals surface area contributed by atoms with Gasteiger partial charge in [0.2, 0.25) is 5.91 Å². The van der Waals surface area contributed by atoms with Crippen LogP contribution in [0.5, 0.6) is 0 Å². The van der Waals surface area contributed by atoms with Crippen molar-refractivity contribution in [3.63, 3.8) is 0 Å². The van der Waals surface area contributed by atoms with Crippen LogP contribution in [-0.4, -0.2) is 46.8 Å². The average Bonchev–Trinajstić information content (AvgIpc) is 2.97. The number of ether oxygens (including phenoxy) is 1. The van der Waals surface area contributed by atoms with E-state index in [4.69, 9.17) is 4.74 Å². The lowest BCUT2D eigenvalue weighted by Gasteiger charge is -2.28. The molecule has 0 bridgehead atoms. The Labute approximate surface area is 231 Å². The number of allylic oxidation sites excluding steroid dienone is 1. The number of unbranched alkanes of at least 4 members (excludes halogenated alkanes) is 3. The largest absolute Gasteiger partial charge is 0.461 e. The van der Waals surface area contributed by atoms with E-state index in [1.54, 1.807) is 11.0 Å². The van der Waals surface area contributed by atoms with E-state index in [-0.39, 0.29) is 25.4 Å². The predicted molar refractivity (Wildman–Crippen MR) is 154 cm³/mol. The zero-order valence-corrected chi connectivity index (χ0v) is 22.8. The Hall–Kier alpha value is -4.00. The van der Waals surface area contributed by atoms with Crippen LogP contribution in [0.3, 0.4) is 0 Å². The Morgan fingerprint density at radius 1 is 1.03 bits per heavy atom. The van der Waals surface area contributed by atoms with Gasteiger partial charge in [0.25, 0.3) is 5.91 Å². The van der Waals surface area contributed by atoms with Crippen LogP contribution in [0.25, 0.3) is 10.9 Å². The van der Waals surface area contributed by atoms with Gasteiger partial charge in [-0.1, -0.05) is 74.4 Å². The summed E-state index contributed by atoms with van der Waals surface area (Å²) in [6, 6.07) is 17.9. The van der Waals surface area contributed by atoms with Crippen molar-refractivity contribution < 1.29 is 19.1 Å². The van der Waals surface area contributed by atoms with Crippen LogP contribution in [0.2, 0.25) is 0 Å². The fraction of sp³-hybridized carbons (Fsp3) is 0.375. The number of hydrogen-bond acceptors (Lipinski definition) is 5. The van der Waals surface area contributed by atoms with E-state index >= 15 is 0 Å². The molecule has 0 aliphatic heterocycles. The lowest BCUT2D eigenvalue weighted by atomic mass is 10.1. The lowest BCUT2D eigenvalue weighted by molar-refractivity contribution is -0.145. The van der Waals surface area contributed by atoms with Crippen LogP contribution in [0.15, 0.2) is 79.5 Å². The van der Waals surface area contributed by atoms with Gasteiger partial charge in [-0.15, -0.1) is 6.58 Å². The van der Waals surface area contributed by atoms with E-state index in [0.717, 1.165) is 48.6 Å². The maximum absolute atomic E-state index is 13.7. The Morgan fingerprint density at radius 2 is 1.77 bits per heavy atom. The number of carbonyl (C=O) groups excluding carboxylic acids is 3. The molecule has 39 heavy (non-hydrogen) atoms. The molecule has 7 nitrogen and oxygen atoms in total. The van der Waals surface area contributed by atoms with Gasteiger partial charge in [-0.05, 0) is 43.4 Å². The highest BCUT2D eigenvalue weighted by atomic mass is 16.5. The second-order valence-electron chi connectivity index (χ2n) is 9.59. The summed E-state index contributed by atoms with van der Waals surface area (Å²) in [7, 11) is 0. The number of pyridine rings is 1. The highest BCUT2D eigenvalue weighted by Gasteiger charge is 2.27. The molecule has 1 N–H and O–H groups in total. The van der Waals surface area contributed by atoms with E-state index in [1.807, 2.05) is 60.7 Å². The molecule has 0 unspecified atom stereocenters. The molecule has 2 amide bonds. The topological polar surface area (TPSA) is 88.6 Å². The SMILES string of the molecule is C=CCCCN(CCCCC)C(=O)[C@@H](CCC(=O)OCc1ccccc1)NC(=O)c1cnc2ccccc2c1. The number of esters is 1. The molecule has 206 valence electrons. The van der Waals surface area contributed by atoms with Gasteiger partial charge in [0, 0.05) is 31.1 Å². The Kier molecular flexibility index (Phi) is 12.2. The smallest absolute Gasteiger partial charge is 0.306 e. The van der Waals surface area contributed by atoms with Crippen LogP contribution in [-0.2, 0) is 20.9 Å². The molecule has 2 aromatic carbocycles. The summed E-state index contributed by atoms with van der Waals surface area (Å²) >= 11 is 0. The van der Waals surface area contributed by atoms with Crippen molar-refractivity contribution in [3.8, 4) is 0 Å². The van der Waals surface area contributed by atoms with Crippen LogP contribution < -0.4 is 5.32 Å². The minimum atomic E-state index is -0.862. The number of rotatable bonds is 16. The van der Waals surface area contributed by atoms with Crippen molar-refractivity contribution in [2.75, 3.05) is 13.1 Å². The molecule has 0 spiro atoms. The predicted octanol–water partition coefficient (Wildman–Crippen LogP) is 5.84. The molecule has 0 aliphatic carbocycles. The lowest BCUT2D eigenvalue weighted by Crippen LogP contribution is -2.49. The summed E-state index contributed by atoms with van der Waals surface area (Å²) in [5, 5.41) is 3.73. The minimum Gasteiger partial charge on any atom is -0.461 e. The van der Waals surface area contributed by atoms with Gasteiger partial charge in [-0.3, -0.25) is 19.4 Å². The molecule has 1 heterocycles. The zero-order valence-electron chi connectivity index (χ0n) is 22.8. The number of fused-ring (bicyclic) bond motifs is 1. The van der Waals surface area contributed by atoms with E-state index in [1.165, 1.54) is 6.20 Å². The average molecular weight is 530 g/mol. The first-order chi connectivity index (χ1) is 19.0. The van der Waals surface area contributed by atoms with Crippen LogP contribution in [0, 0.1) is 0 Å². The molecule has 0 aliphatic rings. The number of para-hydroxylation sites is 1. The van der Waals surface area contributed by atoms with E-state index < -0.39 is 17.9 Å². The number of benzene rings is 2. The number of amides is 2. The van der Waals surface area contributed by atoms with Crippen molar-refractivity contribution in [2.45, 2.75) is 64.5 Å². The second-order valence-corrected chi connectivity index (χ2v) is 9.59. The molecular formula is C32H39N3O4. The summed E-state index contributed by atoms with van der Waals surface area (Å²) in [5.74, 6) is -1.00. The van der Waals surface area contributed by atoms with Crippen LogP contribution >= 0.6 is 0 Å². The number of nitrogens with zero attached hydrogens (tertiary/aromatic N) is 2. The monoisotopic (exact) mass is 529 g/mol. The highest BCUT2D eigenvalue weighted by molar-refractivity contribution is 5.99. The maximum Gasteiger partial charge on any atom is 0.306 e. The first kappa shape index (κ1) is 29.6. The molecular weight excluding hydrogens is 490 g/mol. The molecule has 0 saturated heterocycles. The molecule has 0 saturated carbocycles. The minimum absolute atomic E-state index is 0.00888. The Balaban J connectivity index is 1.73. The number of nitrogens with one attached hydrogen (secondary N) is 1. The molecule has 0 fully saturated rings. The first-order valence-corrected chi connectivity index (χ1v) is 13.8. The summed E-state index contributed by atoms with van der Waals surface area (Å²) in [6.07, 6.45) is 8.01. The molecule has 1 aromatic heterocycles. The quantitative estimate of drug-likeness (QED) is 0.143. The van der Waals surface area contributed by atoms with Crippen molar-refractivity contribution >= 4 is 28.7 Å². The van der Waals surface area contributed by atoms with Gasteiger partial charge in [0.15, 0.2) is 0 Å². The standard InChI is InChI=1S/C32H39N3O4/c1-3-5-12-20-35(21-13-6-4-2)32(38)29(18-19-30(36)39-24-25-14-8-7-9-15-25)34-31(37)27-22-26-16-10-11-17-28(26)33-23-27/h3,7-11,14-17,22-23,29H,1,4-6,12-13,18-21,24H2,2H3,(H,34,37)/t29-/m1/s1. The Morgan fingerprint density at radius 3 is 2.54 bits per heavy atom. The van der Waals surface area contributed by atoms with Gasteiger partial charge in [-0.2, -0.15) is 0 Å². The van der Waals surface area contributed by atoms with Gasteiger partial charge in [0.1, 0.15) is 12.6 Å². The first-order valence-electron chi connectivity index (χ1n) is 13.8. The normalized spacial score (nSPS) is 11.5. The van der Waals surface area contributed by atoms with Crippen molar-refractivity contribution in [2.24, 2.45) is 0 Å². The van der Waals surface area contributed by atoms with Crippen LogP contribution in [0.4, 0.5) is 0 Å². The van der Waals surface area contributed by atoms with Crippen molar-refractivity contribution in [3.05, 3.63) is 90.6 Å². The summed E-state index contributed by atoms with van der Waals surface area (Å²) < 4.78 is 5.42. The highest BCUT2D eigenvalue weighted by Crippen LogP contribution is 2.15. The van der Waals surface area contributed by atoms with Gasteiger partial charge >= 0.3 is 5.97 Å². The fourth-order valence-corrected chi connectivity index (χ4v) is 4.30. The second kappa shape index (κ2) is 16.1. The Bertz CT molecular complexity index is 1230. The van der Waals surface area contributed by atoms with Gasteiger partial charge in [0.05, 0.1) is 11.1 Å². The van der Waals surface area contributed by atoms with E-state index in [9.17, 15) is 14.4 Å². The third-order valence-electron chi connectivity index (χ3n) is 6.52. The zero-order chi connectivity index (χ0) is 27.9. The third-order valence-corrected chi connectivity index (χ3v) is 6.52. The summed E-state index contributed by atoms with van der Waals surface area (Å²) in [6.45, 7) is 7.23. The van der Waals surface area contributed by atoms with Crippen molar-refractivity contribution in [1.29, 1.82) is 0 Å². The number of carbonyl (C=O) groups is 3. The summed E-state index contributed by atoms with van der Waals surface area (Å²) in [4.78, 5) is 45.7. The third kappa shape index (κ3) is 9.67. The summed E-state index contributed by atoms with van der Waals surface area (Å²) in [5.41, 5.74) is 2.04. The van der Waals surface area contributed by atoms with Crippen LogP contribution in [0.1, 0.15) is 67.8 Å². The van der Waals surface area contributed by atoms with Gasteiger partial charge < -0.3 is 15.0 Å². The molecule has 3 aromatic rings. The molecule has 1 atom stereocenters. The maximum atomic E-state index is 13.7. The van der Waals surface area contributed by atoms with Gasteiger partial charge in [-0.25, -0.2) is 0 Å².